The van der Waals surface area contributed by atoms with Gasteiger partial charge in [0.05, 0.1) is 30.0 Å². The summed E-state index contributed by atoms with van der Waals surface area (Å²) in [7, 11) is 0. The Morgan fingerprint density at radius 3 is 3.00 bits per heavy atom. The summed E-state index contributed by atoms with van der Waals surface area (Å²) in [6.45, 7) is 0.664. The summed E-state index contributed by atoms with van der Waals surface area (Å²) in [5.41, 5.74) is 2.11. The van der Waals surface area contributed by atoms with Gasteiger partial charge in [0.15, 0.2) is 0 Å². The molecule has 1 aliphatic carbocycles. The maximum absolute atomic E-state index is 9.94. The molecular weight excluding hydrogens is 200 g/mol. The molecule has 84 valence electrons. The third-order valence-electron chi connectivity index (χ3n) is 3.24. The lowest BCUT2D eigenvalue weighted by atomic mass is 10.2. The second-order valence-corrected chi connectivity index (χ2v) is 4.72. The molecule has 1 saturated carbocycles. The van der Waals surface area contributed by atoms with Crippen LogP contribution in [0.5, 0.6) is 0 Å². The number of nitrogens with zero attached hydrogens (tertiary/aromatic N) is 2. The summed E-state index contributed by atoms with van der Waals surface area (Å²) in [4.78, 5) is 4.32. The minimum absolute atomic E-state index is 0.231. The summed E-state index contributed by atoms with van der Waals surface area (Å²) in [5.74, 6) is 0.768. The van der Waals surface area contributed by atoms with Gasteiger partial charge in [0.1, 0.15) is 0 Å². The number of hydrogen-bond acceptors (Lipinski definition) is 2. The van der Waals surface area contributed by atoms with Gasteiger partial charge < -0.3 is 9.67 Å². The normalized spacial score (nSPS) is 17.8. The molecule has 1 heterocycles. The molecule has 0 aliphatic heterocycles. The zero-order valence-electron chi connectivity index (χ0n) is 9.21. The molecular formula is C13H16N2O. The number of rotatable bonds is 4. The van der Waals surface area contributed by atoms with Crippen molar-refractivity contribution < 1.29 is 5.11 Å². The fourth-order valence-electron chi connectivity index (χ4n) is 2.20. The van der Waals surface area contributed by atoms with Gasteiger partial charge in [0, 0.05) is 0 Å². The SMILES string of the molecule is OC(CC1CC1)Cn1cnc2ccccc21. The van der Waals surface area contributed by atoms with Crippen molar-refractivity contribution >= 4 is 11.0 Å². The van der Waals surface area contributed by atoms with E-state index in [1.54, 1.807) is 0 Å². The number of benzene rings is 1. The number of fused-ring (bicyclic) bond motifs is 1. The zero-order chi connectivity index (χ0) is 11.0. The highest BCUT2D eigenvalue weighted by molar-refractivity contribution is 5.74. The van der Waals surface area contributed by atoms with Gasteiger partial charge in [0.2, 0.25) is 0 Å². The standard InChI is InChI=1S/C13H16N2O/c16-11(7-10-5-6-10)8-15-9-14-12-3-1-2-4-13(12)15/h1-4,9-11,16H,5-8H2. The fraction of sp³-hybridized carbons (Fsp3) is 0.462. The molecule has 0 saturated heterocycles. The molecule has 3 heteroatoms. The Bertz CT molecular complexity index is 487. The van der Waals surface area contributed by atoms with Crippen molar-refractivity contribution in [1.82, 2.24) is 9.55 Å². The maximum atomic E-state index is 9.94. The van der Waals surface area contributed by atoms with E-state index in [0.29, 0.717) is 6.54 Å². The highest BCUT2D eigenvalue weighted by atomic mass is 16.3. The van der Waals surface area contributed by atoms with Gasteiger partial charge in [-0.15, -0.1) is 0 Å². The Labute approximate surface area is 94.7 Å². The van der Waals surface area contributed by atoms with E-state index in [0.717, 1.165) is 23.4 Å². The van der Waals surface area contributed by atoms with E-state index in [9.17, 15) is 5.11 Å². The lowest BCUT2D eigenvalue weighted by molar-refractivity contribution is 0.139. The van der Waals surface area contributed by atoms with Gasteiger partial charge in [-0.2, -0.15) is 0 Å². The first kappa shape index (κ1) is 9.85. The molecule has 1 fully saturated rings. The van der Waals surface area contributed by atoms with Crippen LogP contribution >= 0.6 is 0 Å². The van der Waals surface area contributed by atoms with Crippen LogP contribution in [0.1, 0.15) is 19.3 Å². The molecule has 0 spiro atoms. The number of aliphatic hydroxyl groups excluding tert-OH is 1. The van der Waals surface area contributed by atoms with E-state index >= 15 is 0 Å². The predicted molar refractivity (Wildman–Crippen MR) is 63.1 cm³/mol. The van der Waals surface area contributed by atoms with E-state index in [4.69, 9.17) is 0 Å². The second-order valence-electron chi connectivity index (χ2n) is 4.72. The highest BCUT2D eigenvalue weighted by Crippen LogP contribution is 2.33. The molecule has 3 rings (SSSR count). The quantitative estimate of drug-likeness (QED) is 0.850. The predicted octanol–water partition coefficient (Wildman–Crippen LogP) is 2.20. The molecule has 1 unspecified atom stereocenters. The summed E-state index contributed by atoms with van der Waals surface area (Å²) in [6, 6.07) is 8.04. The summed E-state index contributed by atoms with van der Waals surface area (Å²) < 4.78 is 2.04. The molecule has 1 N–H and O–H groups in total. The van der Waals surface area contributed by atoms with Crippen molar-refractivity contribution in [3.63, 3.8) is 0 Å². The number of aromatic nitrogens is 2. The third kappa shape index (κ3) is 1.95. The van der Waals surface area contributed by atoms with E-state index in [1.165, 1.54) is 12.8 Å². The molecule has 2 aromatic rings. The average molecular weight is 216 g/mol. The first-order valence-corrected chi connectivity index (χ1v) is 5.91. The molecule has 3 nitrogen and oxygen atoms in total. The van der Waals surface area contributed by atoms with E-state index in [2.05, 4.69) is 4.98 Å². The van der Waals surface area contributed by atoms with Crippen LogP contribution in [0.15, 0.2) is 30.6 Å². The summed E-state index contributed by atoms with van der Waals surface area (Å²) in [5, 5.41) is 9.94. The Balaban J connectivity index is 1.77. The zero-order valence-corrected chi connectivity index (χ0v) is 9.21. The van der Waals surface area contributed by atoms with Gasteiger partial charge in [-0.05, 0) is 24.5 Å². The molecule has 1 aliphatic rings. The minimum atomic E-state index is -0.231. The lowest BCUT2D eigenvalue weighted by Crippen LogP contribution is -2.15. The van der Waals surface area contributed by atoms with Crippen LogP contribution in [0, 0.1) is 5.92 Å². The molecule has 0 amide bonds. The lowest BCUT2D eigenvalue weighted by Gasteiger charge is -2.11. The summed E-state index contributed by atoms with van der Waals surface area (Å²) >= 11 is 0. The minimum Gasteiger partial charge on any atom is -0.391 e. The molecule has 0 bridgehead atoms. The highest BCUT2D eigenvalue weighted by Gasteiger charge is 2.24. The van der Waals surface area contributed by atoms with Crippen molar-refractivity contribution in [2.45, 2.75) is 31.9 Å². The topological polar surface area (TPSA) is 38.0 Å². The van der Waals surface area contributed by atoms with Crippen LogP contribution in [0.25, 0.3) is 11.0 Å². The van der Waals surface area contributed by atoms with Crippen molar-refractivity contribution in [3.05, 3.63) is 30.6 Å². The number of imidazole rings is 1. The molecule has 1 aromatic heterocycles. The van der Waals surface area contributed by atoms with Crippen LogP contribution in [-0.2, 0) is 6.54 Å². The van der Waals surface area contributed by atoms with Gasteiger partial charge >= 0.3 is 0 Å². The number of hydrogen-bond donors (Lipinski definition) is 1. The number of para-hydroxylation sites is 2. The molecule has 16 heavy (non-hydrogen) atoms. The van der Waals surface area contributed by atoms with Gasteiger partial charge in [-0.25, -0.2) is 4.98 Å². The van der Waals surface area contributed by atoms with Crippen LogP contribution in [-0.4, -0.2) is 20.8 Å². The van der Waals surface area contributed by atoms with Crippen LogP contribution in [0.3, 0.4) is 0 Å². The Kier molecular flexibility index (Phi) is 2.40. The van der Waals surface area contributed by atoms with E-state index in [1.807, 2.05) is 35.2 Å². The van der Waals surface area contributed by atoms with Crippen molar-refractivity contribution in [2.24, 2.45) is 5.92 Å². The van der Waals surface area contributed by atoms with Gasteiger partial charge in [-0.3, -0.25) is 0 Å². The first-order valence-electron chi connectivity index (χ1n) is 5.91. The average Bonchev–Trinajstić information content (AvgIpc) is 3.00. The van der Waals surface area contributed by atoms with Crippen LogP contribution < -0.4 is 0 Å². The van der Waals surface area contributed by atoms with E-state index in [-0.39, 0.29) is 6.10 Å². The summed E-state index contributed by atoms with van der Waals surface area (Å²) in [6.07, 6.45) is 5.11. The maximum Gasteiger partial charge on any atom is 0.0959 e. The van der Waals surface area contributed by atoms with Crippen molar-refractivity contribution in [3.8, 4) is 0 Å². The largest absolute Gasteiger partial charge is 0.391 e. The van der Waals surface area contributed by atoms with Crippen LogP contribution in [0.2, 0.25) is 0 Å². The number of aliphatic hydroxyl groups is 1. The Hall–Kier alpha value is -1.35. The molecule has 0 radical (unpaired) electrons. The molecule has 1 atom stereocenters. The Morgan fingerprint density at radius 1 is 1.38 bits per heavy atom. The molecule has 1 aromatic carbocycles. The first-order chi connectivity index (χ1) is 7.83. The van der Waals surface area contributed by atoms with Crippen molar-refractivity contribution in [1.29, 1.82) is 0 Å². The smallest absolute Gasteiger partial charge is 0.0959 e. The van der Waals surface area contributed by atoms with E-state index < -0.39 is 0 Å². The monoisotopic (exact) mass is 216 g/mol. The van der Waals surface area contributed by atoms with Crippen molar-refractivity contribution in [2.75, 3.05) is 0 Å². The third-order valence-corrected chi connectivity index (χ3v) is 3.24. The second kappa shape index (κ2) is 3.91. The van der Waals surface area contributed by atoms with Gasteiger partial charge in [0.25, 0.3) is 0 Å². The van der Waals surface area contributed by atoms with Gasteiger partial charge in [-0.1, -0.05) is 25.0 Å². The van der Waals surface area contributed by atoms with Crippen LogP contribution in [0.4, 0.5) is 0 Å². The fourth-order valence-corrected chi connectivity index (χ4v) is 2.20. The Morgan fingerprint density at radius 2 is 2.19 bits per heavy atom.